The third-order valence-corrected chi connectivity index (χ3v) is 3.83. The molecule has 2 rings (SSSR count). The van der Waals surface area contributed by atoms with Crippen molar-refractivity contribution in [2.75, 3.05) is 32.8 Å². The summed E-state index contributed by atoms with van der Waals surface area (Å²) < 4.78 is 5.53. The minimum absolute atomic E-state index is 0. The largest absolute Gasteiger partial charge is 0.493 e. The number of carbonyl (C=O) groups is 2. The van der Waals surface area contributed by atoms with Crippen LogP contribution in [0.15, 0.2) is 24.3 Å². The van der Waals surface area contributed by atoms with Crippen molar-refractivity contribution in [1.82, 2.24) is 9.80 Å². The Hall–Kier alpha value is -1.79. The van der Waals surface area contributed by atoms with Gasteiger partial charge >= 0.3 is 0 Å². The van der Waals surface area contributed by atoms with Gasteiger partial charge < -0.3 is 20.3 Å². The van der Waals surface area contributed by atoms with Crippen LogP contribution in [0, 0.1) is 0 Å². The number of carbonyl (C=O) groups excluding carboxylic acids is 2. The maximum absolute atomic E-state index is 12.7. The fourth-order valence-corrected chi connectivity index (χ4v) is 2.66. The zero-order valence-corrected chi connectivity index (χ0v) is 15.1. The van der Waals surface area contributed by atoms with Crippen molar-refractivity contribution in [2.45, 2.75) is 26.3 Å². The topological polar surface area (TPSA) is 75.9 Å². The SMILES string of the molecule is CCOc1ccccc1C(=O)N1CCN(C(=O)CC(C)N)CC1.Cl. The fraction of sp³-hybridized carbons (Fsp3) is 0.529. The molecular weight excluding hydrogens is 330 g/mol. The molecule has 24 heavy (non-hydrogen) atoms. The van der Waals surface area contributed by atoms with E-state index < -0.39 is 0 Å². The van der Waals surface area contributed by atoms with Gasteiger partial charge in [-0.25, -0.2) is 0 Å². The van der Waals surface area contributed by atoms with E-state index in [9.17, 15) is 9.59 Å². The number of halogens is 1. The van der Waals surface area contributed by atoms with Crippen LogP contribution in [0.25, 0.3) is 0 Å². The van der Waals surface area contributed by atoms with Gasteiger partial charge in [0.2, 0.25) is 5.91 Å². The third-order valence-electron chi connectivity index (χ3n) is 3.83. The van der Waals surface area contributed by atoms with Crippen molar-refractivity contribution >= 4 is 24.2 Å². The van der Waals surface area contributed by atoms with Crippen molar-refractivity contribution in [3.63, 3.8) is 0 Å². The number of amides is 2. The molecule has 2 N–H and O–H groups in total. The van der Waals surface area contributed by atoms with E-state index in [0.717, 1.165) is 0 Å². The fourth-order valence-electron chi connectivity index (χ4n) is 2.66. The highest BCUT2D eigenvalue weighted by atomic mass is 35.5. The van der Waals surface area contributed by atoms with Gasteiger partial charge in [0.15, 0.2) is 0 Å². The molecule has 2 amide bonds. The van der Waals surface area contributed by atoms with Gasteiger partial charge in [-0.3, -0.25) is 9.59 Å². The second-order valence-corrected chi connectivity index (χ2v) is 5.78. The number of nitrogens with two attached hydrogens (primary N) is 1. The molecule has 0 bridgehead atoms. The summed E-state index contributed by atoms with van der Waals surface area (Å²) in [5.41, 5.74) is 6.24. The second kappa shape index (κ2) is 9.49. The smallest absolute Gasteiger partial charge is 0.257 e. The standard InChI is InChI=1S/C17H25N3O3.ClH/c1-3-23-15-7-5-4-6-14(15)17(22)20-10-8-19(9-11-20)16(21)12-13(2)18;/h4-7,13H,3,8-12,18H2,1-2H3;1H. The van der Waals surface area contributed by atoms with Gasteiger partial charge in [-0.1, -0.05) is 12.1 Å². The van der Waals surface area contributed by atoms with Crippen LogP contribution in [0.1, 0.15) is 30.6 Å². The summed E-state index contributed by atoms with van der Waals surface area (Å²) in [6.45, 7) is 6.40. The molecule has 1 aromatic carbocycles. The van der Waals surface area contributed by atoms with Gasteiger partial charge in [0.1, 0.15) is 5.75 Å². The predicted octanol–water partition coefficient (Wildman–Crippen LogP) is 1.53. The Morgan fingerprint density at radius 3 is 2.33 bits per heavy atom. The molecule has 6 nitrogen and oxygen atoms in total. The van der Waals surface area contributed by atoms with E-state index in [1.54, 1.807) is 21.9 Å². The first-order chi connectivity index (χ1) is 11.0. The van der Waals surface area contributed by atoms with Crippen molar-refractivity contribution in [1.29, 1.82) is 0 Å². The van der Waals surface area contributed by atoms with E-state index in [1.807, 2.05) is 26.0 Å². The van der Waals surface area contributed by atoms with Crippen LogP contribution in [-0.2, 0) is 4.79 Å². The third kappa shape index (κ3) is 5.11. The van der Waals surface area contributed by atoms with Gasteiger partial charge in [0.05, 0.1) is 12.2 Å². The highest BCUT2D eigenvalue weighted by molar-refractivity contribution is 5.97. The molecule has 0 aliphatic carbocycles. The monoisotopic (exact) mass is 355 g/mol. The lowest BCUT2D eigenvalue weighted by Gasteiger charge is -2.35. The molecule has 1 heterocycles. The van der Waals surface area contributed by atoms with E-state index in [1.165, 1.54) is 0 Å². The van der Waals surface area contributed by atoms with Crippen LogP contribution in [0.4, 0.5) is 0 Å². The highest BCUT2D eigenvalue weighted by Gasteiger charge is 2.26. The Morgan fingerprint density at radius 1 is 1.17 bits per heavy atom. The van der Waals surface area contributed by atoms with Gasteiger partial charge in [0, 0.05) is 38.6 Å². The zero-order chi connectivity index (χ0) is 16.8. The Balaban J connectivity index is 0.00000288. The maximum atomic E-state index is 12.7. The summed E-state index contributed by atoms with van der Waals surface area (Å²) in [7, 11) is 0. The van der Waals surface area contributed by atoms with Crippen LogP contribution in [0.2, 0.25) is 0 Å². The molecule has 1 aliphatic rings. The quantitative estimate of drug-likeness (QED) is 0.869. The van der Waals surface area contributed by atoms with Crippen LogP contribution >= 0.6 is 12.4 Å². The van der Waals surface area contributed by atoms with Crippen molar-refractivity contribution in [3.05, 3.63) is 29.8 Å². The zero-order valence-electron chi connectivity index (χ0n) is 14.2. The first-order valence-corrected chi connectivity index (χ1v) is 8.07. The molecule has 0 spiro atoms. The minimum Gasteiger partial charge on any atom is -0.493 e. The average molecular weight is 356 g/mol. The molecule has 0 radical (unpaired) electrons. The van der Waals surface area contributed by atoms with E-state index >= 15 is 0 Å². The Bertz CT molecular complexity index is 558. The van der Waals surface area contributed by atoms with Crippen LogP contribution in [-0.4, -0.2) is 60.4 Å². The Labute approximate surface area is 149 Å². The molecule has 0 aromatic heterocycles. The molecule has 0 saturated carbocycles. The molecule has 1 atom stereocenters. The lowest BCUT2D eigenvalue weighted by Crippen LogP contribution is -2.51. The average Bonchev–Trinajstić information content (AvgIpc) is 2.54. The second-order valence-electron chi connectivity index (χ2n) is 5.78. The number of hydrogen-bond donors (Lipinski definition) is 1. The van der Waals surface area contributed by atoms with Crippen LogP contribution < -0.4 is 10.5 Å². The summed E-state index contributed by atoms with van der Waals surface area (Å²) in [6, 6.07) is 7.13. The van der Waals surface area contributed by atoms with E-state index in [2.05, 4.69) is 0 Å². The predicted molar refractivity (Wildman–Crippen MR) is 95.6 cm³/mol. The van der Waals surface area contributed by atoms with Crippen molar-refractivity contribution in [2.24, 2.45) is 5.73 Å². The molecule has 1 aliphatic heterocycles. The van der Waals surface area contributed by atoms with Gasteiger partial charge in [0.25, 0.3) is 5.91 Å². The molecule has 134 valence electrons. The van der Waals surface area contributed by atoms with Crippen LogP contribution in [0.3, 0.4) is 0 Å². The minimum atomic E-state index is -0.139. The lowest BCUT2D eigenvalue weighted by molar-refractivity contribution is -0.132. The first-order valence-electron chi connectivity index (χ1n) is 8.07. The normalized spacial score (nSPS) is 15.5. The summed E-state index contributed by atoms with van der Waals surface area (Å²) in [5.74, 6) is 0.616. The number of benzene rings is 1. The van der Waals surface area contributed by atoms with E-state index in [0.29, 0.717) is 50.5 Å². The number of ether oxygens (including phenoxy) is 1. The number of nitrogens with zero attached hydrogens (tertiary/aromatic N) is 2. The van der Waals surface area contributed by atoms with Crippen molar-refractivity contribution < 1.29 is 14.3 Å². The number of hydrogen-bond acceptors (Lipinski definition) is 4. The molecule has 1 fully saturated rings. The molecule has 1 unspecified atom stereocenters. The molecule has 1 saturated heterocycles. The van der Waals surface area contributed by atoms with Gasteiger partial charge in [-0.15, -0.1) is 12.4 Å². The highest BCUT2D eigenvalue weighted by Crippen LogP contribution is 2.20. The van der Waals surface area contributed by atoms with Gasteiger partial charge in [-0.05, 0) is 26.0 Å². The van der Waals surface area contributed by atoms with Gasteiger partial charge in [-0.2, -0.15) is 0 Å². The van der Waals surface area contributed by atoms with E-state index in [4.69, 9.17) is 10.5 Å². The number of piperazine rings is 1. The van der Waals surface area contributed by atoms with E-state index in [-0.39, 0.29) is 30.3 Å². The van der Waals surface area contributed by atoms with Crippen LogP contribution in [0.5, 0.6) is 5.75 Å². The lowest BCUT2D eigenvalue weighted by atomic mass is 10.1. The summed E-state index contributed by atoms with van der Waals surface area (Å²) in [4.78, 5) is 28.2. The summed E-state index contributed by atoms with van der Waals surface area (Å²) >= 11 is 0. The number of rotatable bonds is 5. The number of para-hydroxylation sites is 1. The maximum Gasteiger partial charge on any atom is 0.257 e. The molecular formula is C17H26ClN3O3. The van der Waals surface area contributed by atoms with Crippen molar-refractivity contribution in [3.8, 4) is 5.75 Å². The Morgan fingerprint density at radius 2 is 1.75 bits per heavy atom. The molecule has 1 aromatic rings. The Kier molecular flexibility index (Phi) is 8.01. The summed E-state index contributed by atoms with van der Waals surface area (Å²) in [6.07, 6.45) is 0.348. The molecule has 7 heteroatoms. The summed E-state index contributed by atoms with van der Waals surface area (Å²) in [5, 5.41) is 0. The first kappa shape index (κ1) is 20.3.